The highest BCUT2D eigenvalue weighted by molar-refractivity contribution is 6.30. The summed E-state index contributed by atoms with van der Waals surface area (Å²) in [7, 11) is 0. The third kappa shape index (κ3) is 4.02. The van der Waals surface area contributed by atoms with Gasteiger partial charge in [0, 0.05) is 36.3 Å². The lowest BCUT2D eigenvalue weighted by Gasteiger charge is -2.42. The number of carbonyl (C=O) groups excluding carboxylic acids is 1. The van der Waals surface area contributed by atoms with Crippen LogP contribution in [-0.4, -0.2) is 57.6 Å². The van der Waals surface area contributed by atoms with Crippen molar-refractivity contribution in [3.8, 4) is 0 Å². The summed E-state index contributed by atoms with van der Waals surface area (Å²) in [6.07, 6.45) is 2.16. The van der Waals surface area contributed by atoms with E-state index in [0.717, 1.165) is 22.6 Å². The Balaban J connectivity index is 1.43. The molecule has 1 fully saturated rings. The van der Waals surface area contributed by atoms with E-state index in [1.807, 2.05) is 29.2 Å². The molecule has 4 atom stereocenters. The molecule has 1 aliphatic carbocycles. The largest absolute Gasteiger partial charge is 0.387 e. The van der Waals surface area contributed by atoms with Gasteiger partial charge in [0.2, 0.25) is 5.91 Å². The molecule has 1 unspecified atom stereocenters. The van der Waals surface area contributed by atoms with E-state index in [9.17, 15) is 9.90 Å². The first-order valence-electron chi connectivity index (χ1n) is 10.4. The molecule has 2 aliphatic rings. The maximum absolute atomic E-state index is 12.9. The number of nitrogens with two attached hydrogens (primary N) is 1. The van der Waals surface area contributed by atoms with Crippen LogP contribution in [0.25, 0.3) is 0 Å². The van der Waals surface area contributed by atoms with Gasteiger partial charge in [-0.15, -0.1) is 0 Å². The maximum Gasteiger partial charge on any atom is 0.239 e. The number of hydrogen-bond acceptors (Lipinski definition) is 6. The monoisotopic (exact) mass is 429 g/mol. The smallest absolute Gasteiger partial charge is 0.239 e. The summed E-state index contributed by atoms with van der Waals surface area (Å²) in [5.41, 5.74) is 9.00. The Morgan fingerprint density at radius 3 is 2.70 bits per heavy atom. The fourth-order valence-electron chi connectivity index (χ4n) is 4.60. The molecule has 1 amide bonds. The summed E-state index contributed by atoms with van der Waals surface area (Å²) in [5, 5.41) is 10.9. The molecule has 3 N–H and O–H groups in total. The minimum Gasteiger partial charge on any atom is -0.387 e. The number of rotatable bonds is 4. The number of aliphatic hydroxyl groups excluding tert-OH is 1. The Morgan fingerprint density at radius 1 is 1.27 bits per heavy atom. The summed E-state index contributed by atoms with van der Waals surface area (Å²) in [5.74, 6) is 1.06. The predicted octanol–water partition coefficient (Wildman–Crippen LogP) is 2.28. The van der Waals surface area contributed by atoms with Gasteiger partial charge in [-0.2, -0.15) is 0 Å². The summed E-state index contributed by atoms with van der Waals surface area (Å²) in [6.45, 7) is 6.04. The molecule has 30 heavy (non-hydrogen) atoms. The lowest BCUT2D eigenvalue weighted by molar-refractivity contribution is -0.133. The van der Waals surface area contributed by atoms with Crippen molar-refractivity contribution in [1.29, 1.82) is 0 Å². The second kappa shape index (κ2) is 8.49. The predicted molar refractivity (Wildman–Crippen MR) is 117 cm³/mol. The summed E-state index contributed by atoms with van der Waals surface area (Å²) < 4.78 is 0. The number of benzene rings is 1. The third-order valence-electron chi connectivity index (χ3n) is 6.18. The van der Waals surface area contributed by atoms with Gasteiger partial charge in [-0.3, -0.25) is 4.79 Å². The average Bonchev–Trinajstić information content (AvgIpc) is 3.03. The second-order valence-corrected chi connectivity index (χ2v) is 8.85. The normalized spacial score (nSPS) is 24.6. The number of aromatic nitrogens is 2. The number of anilines is 1. The van der Waals surface area contributed by atoms with Crippen molar-refractivity contribution in [2.75, 3.05) is 24.5 Å². The van der Waals surface area contributed by atoms with E-state index >= 15 is 0 Å². The number of hydrogen-bond donors (Lipinski definition) is 2. The molecule has 4 rings (SSSR count). The molecule has 2 heterocycles. The molecule has 7 nitrogen and oxygen atoms in total. The van der Waals surface area contributed by atoms with Crippen molar-refractivity contribution in [2.24, 2.45) is 5.73 Å². The van der Waals surface area contributed by atoms with E-state index in [0.29, 0.717) is 37.5 Å². The molecule has 160 valence electrons. The Morgan fingerprint density at radius 2 is 2.00 bits per heavy atom. The molecule has 0 saturated carbocycles. The van der Waals surface area contributed by atoms with Gasteiger partial charge in [0.25, 0.3) is 0 Å². The SMILES string of the molecule is C[C@@H]1C[C@@H](O)c2ncnc(N3CCN(C(=O)C(N)Cc4ccc(Cl)cc4)C[C@@H]3C)c21. The summed E-state index contributed by atoms with van der Waals surface area (Å²) in [4.78, 5) is 25.9. The highest BCUT2D eigenvalue weighted by Crippen LogP contribution is 2.43. The Bertz CT molecular complexity index is 922. The third-order valence-corrected chi connectivity index (χ3v) is 6.43. The van der Waals surface area contributed by atoms with Gasteiger partial charge >= 0.3 is 0 Å². The number of halogens is 1. The van der Waals surface area contributed by atoms with Crippen molar-refractivity contribution in [2.45, 2.75) is 50.8 Å². The number of amides is 1. The van der Waals surface area contributed by atoms with Crippen molar-refractivity contribution < 1.29 is 9.90 Å². The van der Waals surface area contributed by atoms with Crippen molar-refractivity contribution in [3.05, 3.63) is 52.4 Å². The van der Waals surface area contributed by atoms with E-state index in [1.54, 1.807) is 0 Å². The Hall–Kier alpha value is -2.22. The number of nitrogens with zero attached hydrogens (tertiary/aromatic N) is 4. The van der Waals surface area contributed by atoms with Crippen LogP contribution in [0, 0.1) is 0 Å². The highest BCUT2D eigenvalue weighted by Gasteiger charge is 2.36. The van der Waals surface area contributed by atoms with Crippen LogP contribution in [0.5, 0.6) is 0 Å². The average molecular weight is 430 g/mol. The van der Waals surface area contributed by atoms with E-state index in [2.05, 4.69) is 28.7 Å². The molecular weight excluding hydrogens is 402 g/mol. The number of fused-ring (bicyclic) bond motifs is 1. The molecule has 8 heteroatoms. The Labute approximate surface area is 181 Å². The maximum atomic E-state index is 12.9. The zero-order chi connectivity index (χ0) is 21.4. The molecule has 0 radical (unpaired) electrons. The minimum atomic E-state index is -0.580. The number of aliphatic hydroxyl groups is 1. The van der Waals surface area contributed by atoms with E-state index < -0.39 is 12.1 Å². The number of piperazine rings is 1. The zero-order valence-electron chi connectivity index (χ0n) is 17.3. The first-order chi connectivity index (χ1) is 14.3. The van der Waals surface area contributed by atoms with Gasteiger partial charge in [-0.05, 0) is 43.4 Å². The lowest BCUT2D eigenvalue weighted by atomic mass is 10.0. The molecule has 1 aromatic heterocycles. The van der Waals surface area contributed by atoms with Crippen LogP contribution in [0.1, 0.15) is 49.1 Å². The van der Waals surface area contributed by atoms with Gasteiger partial charge in [-0.25, -0.2) is 9.97 Å². The fourth-order valence-corrected chi connectivity index (χ4v) is 4.73. The van der Waals surface area contributed by atoms with Gasteiger partial charge in [0.1, 0.15) is 12.1 Å². The molecule has 0 spiro atoms. The van der Waals surface area contributed by atoms with Gasteiger partial charge < -0.3 is 20.6 Å². The standard InChI is InChI=1S/C22H28ClN5O2/c1-13-9-18(29)20-19(13)21(26-12-25-20)28-8-7-27(11-14(28)2)22(30)17(24)10-15-3-5-16(23)6-4-15/h3-6,12-14,17-18,29H,7-11,24H2,1-2H3/t13-,14+,17?,18-/m1/s1. The first kappa shape index (κ1) is 21.0. The molecule has 0 bridgehead atoms. The lowest BCUT2D eigenvalue weighted by Crippen LogP contribution is -2.57. The second-order valence-electron chi connectivity index (χ2n) is 8.41. The minimum absolute atomic E-state index is 0.0341. The van der Waals surface area contributed by atoms with Crippen molar-refractivity contribution >= 4 is 23.3 Å². The zero-order valence-corrected chi connectivity index (χ0v) is 18.1. The fraction of sp³-hybridized carbons (Fsp3) is 0.500. The topological polar surface area (TPSA) is 95.6 Å². The van der Waals surface area contributed by atoms with Crippen LogP contribution < -0.4 is 10.6 Å². The van der Waals surface area contributed by atoms with Crippen LogP contribution in [0.2, 0.25) is 5.02 Å². The Kier molecular flexibility index (Phi) is 5.95. The highest BCUT2D eigenvalue weighted by atomic mass is 35.5. The van der Waals surface area contributed by atoms with Gasteiger partial charge in [0.15, 0.2) is 0 Å². The van der Waals surface area contributed by atoms with E-state index in [-0.39, 0.29) is 17.9 Å². The van der Waals surface area contributed by atoms with Gasteiger partial charge in [0.05, 0.1) is 17.8 Å². The van der Waals surface area contributed by atoms with E-state index in [1.165, 1.54) is 6.33 Å². The van der Waals surface area contributed by atoms with Crippen LogP contribution in [0.3, 0.4) is 0 Å². The summed E-state index contributed by atoms with van der Waals surface area (Å²) >= 11 is 5.93. The van der Waals surface area contributed by atoms with Gasteiger partial charge in [-0.1, -0.05) is 30.7 Å². The first-order valence-corrected chi connectivity index (χ1v) is 10.8. The van der Waals surface area contributed by atoms with Crippen LogP contribution >= 0.6 is 11.6 Å². The molecule has 1 aromatic carbocycles. The van der Waals surface area contributed by atoms with Crippen LogP contribution in [-0.2, 0) is 11.2 Å². The van der Waals surface area contributed by atoms with E-state index in [4.69, 9.17) is 17.3 Å². The van der Waals surface area contributed by atoms with Crippen LogP contribution in [0.4, 0.5) is 5.82 Å². The molecular formula is C22H28ClN5O2. The van der Waals surface area contributed by atoms with Crippen molar-refractivity contribution in [3.63, 3.8) is 0 Å². The van der Waals surface area contributed by atoms with Crippen LogP contribution in [0.15, 0.2) is 30.6 Å². The molecule has 2 aromatic rings. The number of carbonyl (C=O) groups is 1. The summed E-state index contributed by atoms with van der Waals surface area (Å²) in [6, 6.07) is 6.95. The molecule has 1 aliphatic heterocycles. The van der Waals surface area contributed by atoms with Crippen molar-refractivity contribution in [1.82, 2.24) is 14.9 Å². The quantitative estimate of drug-likeness (QED) is 0.774. The molecule has 1 saturated heterocycles.